The van der Waals surface area contributed by atoms with Gasteiger partial charge < -0.3 is 19.1 Å². The fourth-order valence-corrected chi connectivity index (χ4v) is 5.50. The number of aromatic nitrogens is 2. The van der Waals surface area contributed by atoms with E-state index in [4.69, 9.17) is 4.98 Å². The number of hydrogen-bond acceptors (Lipinski definition) is 4. The Bertz CT molecular complexity index is 1040. The molecule has 2 aliphatic rings. The molecular formula is C30H47N5O2. The predicted octanol–water partition coefficient (Wildman–Crippen LogP) is 5.13. The van der Waals surface area contributed by atoms with Gasteiger partial charge >= 0.3 is 0 Å². The molecule has 2 fully saturated rings. The van der Waals surface area contributed by atoms with Crippen molar-refractivity contribution < 1.29 is 9.59 Å². The molecule has 0 aromatic carbocycles. The normalized spacial score (nSPS) is 16.5. The number of hydrogen-bond donors (Lipinski definition) is 0. The van der Waals surface area contributed by atoms with Crippen molar-refractivity contribution in [3.8, 4) is 0 Å². The van der Waals surface area contributed by atoms with Crippen LogP contribution in [0.3, 0.4) is 0 Å². The molecule has 2 aromatic rings. The molecular weight excluding hydrogens is 462 g/mol. The minimum absolute atomic E-state index is 0.0424. The summed E-state index contributed by atoms with van der Waals surface area (Å²) in [5.41, 5.74) is 2.96. The van der Waals surface area contributed by atoms with Gasteiger partial charge in [-0.1, -0.05) is 27.7 Å². The molecule has 2 amide bonds. The van der Waals surface area contributed by atoms with Crippen LogP contribution in [0.25, 0.3) is 5.65 Å². The third-order valence-corrected chi connectivity index (χ3v) is 7.89. The van der Waals surface area contributed by atoms with Crippen molar-refractivity contribution in [3.63, 3.8) is 0 Å². The van der Waals surface area contributed by atoms with Gasteiger partial charge in [0.25, 0.3) is 11.8 Å². The molecule has 0 radical (unpaired) electrons. The van der Waals surface area contributed by atoms with Gasteiger partial charge in [0.05, 0.1) is 11.3 Å². The summed E-state index contributed by atoms with van der Waals surface area (Å²) in [4.78, 5) is 38.4. The van der Waals surface area contributed by atoms with E-state index in [9.17, 15) is 9.59 Å². The van der Waals surface area contributed by atoms with Gasteiger partial charge in [-0.05, 0) is 95.0 Å². The maximum atomic E-state index is 13.7. The lowest BCUT2D eigenvalue weighted by Crippen LogP contribution is -2.34. The summed E-state index contributed by atoms with van der Waals surface area (Å²) in [7, 11) is 0. The molecule has 204 valence electrons. The van der Waals surface area contributed by atoms with Gasteiger partial charge in [-0.3, -0.25) is 9.59 Å². The summed E-state index contributed by atoms with van der Waals surface area (Å²) in [6, 6.07) is 3.81. The van der Waals surface area contributed by atoms with Crippen LogP contribution in [0.4, 0.5) is 0 Å². The number of rotatable bonds is 12. The molecule has 37 heavy (non-hydrogen) atoms. The van der Waals surface area contributed by atoms with Gasteiger partial charge in [0.15, 0.2) is 5.69 Å². The van der Waals surface area contributed by atoms with Crippen LogP contribution in [0.2, 0.25) is 0 Å². The first-order valence-electron chi connectivity index (χ1n) is 14.7. The molecule has 0 saturated carbocycles. The van der Waals surface area contributed by atoms with Crippen LogP contribution in [0, 0.1) is 11.8 Å². The summed E-state index contributed by atoms with van der Waals surface area (Å²) in [6.07, 6.45) is 10.4. The van der Waals surface area contributed by atoms with Crippen molar-refractivity contribution in [2.24, 2.45) is 11.8 Å². The second kappa shape index (κ2) is 12.9. The van der Waals surface area contributed by atoms with E-state index in [0.29, 0.717) is 23.1 Å². The molecule has 4 rings (SSSR count). The molecule has 0 N–H and O–H groups in total. The Balaban J connectivity index is 1.61. The molecule has 0 aliphatic carbocycles. The van der Waals surface area contributed by atoms with E-state index in [-0.39, 0.29) is 11.8 Å². The maximum absolute atomic E-state index is 13.7. The van der Waals surface area contributed by atoms with Gasteiger partial charge in [-0.15, -0.1) is 0 Å². The zero-order valence-corrected chi connectivity index (χ0v) is 23.5. The fraction of sp³-hybridized carbons (Fsp3) is 0.700. The lowest BCUT2D eigenvalue weighted by molar-refractivity contribution is 0.0739. The Morgan fingerprint density at radius 2 is 1.54 bits per heavy atom. The smallest absolute Gasteiger partial charge is 0.274 e. The van der Waals surface area contributed by atoms with E-state index >= 15 is 0 Å². The van der Waals surface area contributed by atoms with Crippen LogP contribution in [0.15, 0.2) is 18.3 Å². The Hall–Kier alpha value is -2.41. The highest BCUT2D eigenvalue weighted by Crippen LogP contribution is 2.22. The molecule has 7 nitrogen and oxygen atoms in total. The molecule has 2 saturated heterocycles. The third kappa shape index (κ3) is 7.13. The number of pyridine rings is 1. The van der Waals surface area contributed by atoms with Crippen LogP contribution in [0.1, 0.15) is 99.2 Å². The lowest BCUT2D eigenvalue weighted by Gasteiger charge is -2.24. The molecule has 4 heterocycles. The van der Waals surface area contributed by atoms with Crippen LogP contribution >= 0.6 is 0 Å². The molecule has 2 aliphatic heterocycles. The molecule has 7 heteroatoms. The number of carbonyl (C=O) groups is 2. The highest BCUT2D eigenvalue weighted by molar-refractivity contribution is 5.96. The predicted molar refractivity (Wildman–Crippen MR) is 149 cm³/mol. The van der Waals surface area contributed by atoms with Gasteiger partial charge in [0, 0.05) is 32.4 Å². The van der Waals surface area contributed by atoms with Crippen LogP contribution in [-0.4, -0.2) is 81.7 Å². The average molecular weight is 510 g/mol. The van der Waals surface area contributed by atoms with Gasteiger partial charge in [-0.2, -0.15) is 0 Å². The second-order valence-corrected chi connectivity index (χ2v) is 11.9. The Kier molecular flexibility index (Phi) is 9.63. The molecule has 2 aromatic heterocycles. The van der Waals surface area contributed by atoms with Crippen molar-refractivity contribution in [2.75, 3.05) is 45.8 Å². The van der Waals surface area contributed by atoms with Crippen LogP contribution in [-0.2, 0) is 6.42 Å². The highest BCUT2D eigenvalue weighted by atomic mass is 16.2. The number of aryl methyl sites for hydroxylation is 1. The topological polar surface area (TPSA) is 61.2 Å². The number of carbonyl (C=O) groups excluding carboxylic acids is 2. The fourth-order valence-electron chi connectivity index (χ4n) is 5.50. The van der Waals surface area contributed by atoms with Crippen LogP contribution < -0.4 is 0 Å². The van der Waals surface area contributed by atoms with Crippen molar-refractivity contribution in [1.82, 2.24) is 24.1 Å². The Morgan fingerprint density at radius 3 is 2.16 bits per heavy atom. The summed E-state index contributed by atoms with van der Waals surface area (Å²) >= 11 is 0. The number of nitrogens with zero attached hydrogens (tertiary/aromatic N) is 5. The van der Waals surface area contributed by atoms with E-state index in [1.54, 1.807) is 0 Å². The largest absolute Gasteiger partial charge is 0.339 e. The minimum atomic E-state index is 0.0424. The Labute approximate surface area is 223 Å². The quantitative estimate of drug-likeness (QED) is 0.398. The van der Waals surface area contributed by atoms with Crippen molar-refractivity contribution in [2.45, 2.75) is 79.1 Å². The molecule has 0 atom stereocenters. The van der Waals surface area contributed by atoms with Crippen LogP contribution in [0.5, 0.6) is 0 Å². The summed E-state index contributed by atoms with van der Waals surface area (Å²) in [6.45, 7) is 15.4. The minimum Gasteiger partial charge on any atom is -0.339 e. The highest BCUT2D eigenvalue weighted by Gasteiger charge is 2.27. The van der Waals surface area contributed by atoms with Crippen molar-refractivity contribution in [3.05, 3.63) is 35.3 Å². The molecule has 0 unspecified atom stereocenters. The first-order valence-corrected chi connectivity index (χ1v) is 14.7. The zero-order valence-electron chi connectivity index (χ0n) is 23.5. The summed E-state index contributed by atoms with van der Waals surface area (Å²) in [5.74, 6) is 1.21. The first-order chi connectivity index (χ1) is 17.8. The van der Waals surface area contributed by atoms with Crippen molar-refractivity contribution >= 4 is 17.5 Å². The van der Waals surface area contributed by atoms with E-state index in [1.165, 1.54) is 25.9 Å². The van der Waals surface area contributed by atoms with E-state index < -0.39 is 0 Å². The maximum Gasteiger partial charge on any atom is 0.274 e. The van der Waals surface area contributed by atoms with Crippen molar-refractivity contribution in [1.29, 1.82) is 0 Å². The molecule has 0 spiro atoms. The number of imidazole rings is 1. The lowest BCUT2D eigenvalue weighted by atomic mass is 10.1. The van der Waals surface area contributed by atoms with Gasteiger partial charge in [0.1, 0.15) is 5.65 Å². The number of amides is 2. The third-order valence-electron chi connectivity index (χ3n) is 7.89. The monoisotopic (exact) mass is 509 g/mol. The SMILES string of the molecule is CC(C)CCN(CCC(C)C)C(=O)c1ccc2nc(C(=O)N3CCCC3)c(CCCN3CCCC3)n2c1. The number of likely N-dealkylation sites (tertiary alicyclic amines) is 2. The van der Waals surface area contributed by atoms with E-state index in [1.807, 2.05) is 32.5 Å². The zero-order chi connectivity index (χ0) is 26.4. The first kappa shape index (κ1) is 27.6. The standard InChI is InChI=1S/C30H47N5O2/c1-23(2)13-20-34(21-14-24(3)4)29(36)25-11-12-27-31-28(30(37)33-18-7-8-19-33)26(35(27)22-25)10-9-17-32-15-5-6-16-32/h11-12,22-24H,5-10,13-21H2,1-4H3. The number of fused-ring (bicyclic) bond motifs is 1. The summed E-state index contributed by atoms with van der Waals surface area (Å²) < 4.78 is 2.03. The van der Waals surface area contributed by atoms with E-state index in [2.05, 4.69) is 32.6 Å². The second-order valence-electron chi connectivity index (χ2n) is 11.9. The van der Waals surface area contributed by atoms with E-state index in [0.717, 1.165) is 82.6 Å². The summed E-state index contributed by atoms with van der Waals surface area (Å²) in [5, 5.41) is 0. The average Bonchev–Trinajstić information content (AvgIpc) is 3.64. The van der Waals surface area contributed by atoms with Gasteiger partial charge in [-0.25, -0.2) is 4.98 Å². The Morgan fingerprint density at radius 1 is 0.919 bits per heavy atom. The molecule has 0 bridgehead atoms. The van der Waals surface area contributed by atoms with Gasteiger partial charge in [0.2, 0.25) is 0 Å².